The number of furan rings is 1. The summed E-state index contributed by atoms with van der Waals surface area (Å²) in [5.41, 5.74) is 0.294. The zero-order valence-electron chi connectivity index (χ0n) is 15.3. The maximum atomic E-state index is 12.1. The molecular formula is C19H21NO6S. The summed E-state index contributed by atoms with van der Waals surface area (Å²) in [6, 6.07) is 5.07. The molecule has 0 unspecified atom stereocenters. The van der Waals surface area contributed by atoms with Crippen molar-refractivity contribution in [3.8, 4) is 0 Å². The van der Waals surface area contributed by atoms with E-state index in [2.05, 4.69) is 5.32 Å². The van der Waals surface area contributed by atoms with Crippen LogP contribution in [0.15, 0.2) is 35.0 Å². The van der Waals surface area contributed by atoms with Gasteiger partial charge >= 0.3 is 11.9 Å². The lowest BCUT2D eigenvalue weighted by Gasteiger charge is -2.06. The quantitative estimate of drug-likeness (QED) is 0.543. The number of thiophene rings is 1. The van der Waals surface area contributed by atoms with Crippen molar-refractivity contribution in [2.24, 2.45) is 0 Å². The van der Waals surface area contributed by atoms with Gasteiger partial charge in [-0.15, -0.1) is 11.3 Å². The lowest BCUT2D eigenvalue weighted by Crippen LogP contribution is -2.20. The zero-order valence-corrected chi connectivity index (χ0v) is 16.1. The van der Waals surface area contributed by atoms with Crippen LogP contribution in [0.5, 0.6) is 0 Å². The molecule has 0 saturated carbocycles. The SMILES string of the molecule is CCOC(=O)c1cc(C(C)C)sc1NC(=O)COC(=O)C=Cc1ccco1. The molecule has 0 aliphatic carbocycles. The fraction of sp³-hybridized carbons (Fsp3) is 0.316. The Labute approximate surface area is 161 Å². The van der Waals surface area contributed by atoms with Gasteiger partial charge in [0.05, 0.1) is 18.4 Å². The number of anilines is 1. The van der Waals surface area contributed by atoms with E-state index >= 15 is 0 Å². The first kappa shape index (κ1) is 20.4. The first-order valence-corrected chi connectivity index (χ1v) is 9.21. The Morgan fingerprint density at radius 2 is 2.07 bits per heavy atom. The summed E-state index contributed by atoms with van der Waals surface area (Å²) in [6.45, 7) is 5.44. The molecule has 7 nitrogen and oxygen atoms in total. The third-order valence-electron chi connectivity index (χ3n) is 3.34. The van der Waals surface area contributed by atoms with Gasteiger partial charge in [-0.2, -0.15) is 0 Å². The Hall–Kier alpha value is -2.87. The second kappa shape index (κ2) is 9.72. The highest BCUT2D eigenvalue weighted by Gasteiger charge is 2.20. The van der Waals surface area contributed by atoms with Gasteiger partial charge in [0.2, 0.25) is 0 Å². The number of hydrogen-bond acceptors (Lipinski definition) is 7. The second-order valence-electron chi connectivity index (χ2n) is 5.77. The van der Waals surface area contributed by atoms with Gasteiger partial charge in [0, 0.05) is 11.0 Å². The molecule has 144 valence electrons. The van der Waals surface area contributed by atoms with Crippen molar-refractivity contribution in [1.29, 1.82) is 0 Å². The first-order valence-electron chi connectivity index (χ1n) is 8.39. The second-order valence-corrected chi connectivity index (χ2v) is 6.86. The Balaban J connectivity index is 1.96. The molecule has 2 rings (SSSR count). The van der Waals surface area contributed by atoms with Crippen LogP contribution in [0.25, 0.3) is 6.08 Å². The van der Waals surface area contributed by atoms with Gasteiger partial charge in [-0.25, -0.2) is 9.59 Å². The molecule has 0 saturated heterocycles. The summed E-state index contributed by atoms with van der Waals surface area (Å²) >= 11 is 1.29. The number of nitrogens with one attached hydrogen (secondary N) is 1. The molecule has 0 aliphatic heterocycles. The molecule has 27 heavy (non-hydrogen) atoms. The molecule has 0 aromatic carbocycles. The Kier molecular flexibility index (Phi) is 7.36. The molecule has 2 heterocycles. The van der Waals surface area contributed by atoms with Crippen molar-refractivity contribution in [2.45, 2.75) is 26.7 Å². The van der Waals surface area contributed by atoms with Crippen LogP contribution in [0.4, 0.5) is 5.00 Å². The van der Waals surface area contributed by atoms with Crippen LogP contribution in [0.2, 0.25) is 0 Å². The van der Waals surface area contributed by atoms with E-state index < -0.39 is 24.5 Å². The van der Waals surface area contributed by atoms with Crippen molar-refractivity contribution >= 4 is 40.3 Å². The maximum absolute atomic E-state index is 12.1. The average molecular weight is 391 g/mol. The number of hydrogen-bond donors (Lipinski definition) is 1. The van der Waals surface area contributed by atoms with Gasteiger partial charge in [0.25, 0.3) is 5.91 Å². The number of rotatable bonds is 8. The standard InChI is InChI=1S/C19H21NO6S/c1-4-24-19(23)14-10-15(12(2)3)27-18(14)20-16(21)11-26-17(22)8-7-13-6-5-9-25-13/h5-10,12H,4,11H2,1-3H3,(H,20,21). The smallest absolute Gasteiger partial charge is 0.341 e. The summed E-state index contributed by atoms with van der Waals surface area (Å²) in [6.07, 6.45) is 4.08. The minimum atomic E-state index is -0.679. The molecule has 0 spiro atoms. The highest BCUT2D eigenvalue weighted by atomic mass is 32.1. The molecule has 8 heteroatoms. The highest BCUT2D eigenvalue weighted by molar-refractivity contribution is 7.16. The van der Waals surface area contributed by atoms with Crippen LogP contribution >= 0.6 is 11.3 Å². The summed E-state index contributed by atoms with van der Waals surface area (Å²) < 4.78 is 15.0. The number of esters is 2. The van der Waals surface area contributed by atoms with Gasteiger partial charge in [0.1, 0.15) is 10.8 Å². The van der Waals surface area contributed by atoms with E-state index in [4.69, 9.17) is 13.9 Å². The number of carbonyl (C=O) groups is 3. The third-order valence-corrected chi connectivity index (χ3v) is 4.69. The molecule has 0 radical (unpaired) electrons. The summed E-state index contributed by atoms with van der Waals surface area (Å²) in [5, 5.41) is 2.99. The molecule has 1 N–H and O–H groups in total. The van der Waals surface area contributed by atoms with Gasteiger partial charge in [0.15, 0.2) is 6.61 Å². The van der Waals surface area contributed by atoms with Crippen LogP contribution in [-0.4, -0.2) is 31.1 Å². The fourth-order valence-corrected chi connectivity index (χ4v) is 3.10. The van der Waals surface area contributed by atoms with Gasteiger partial charge in [-0.05, 0) is 37.1 Å². The Bertz CT molecular complexity index is 819. The van der Waals surface area contributed by atoms with Crippen molar-refractivity contribution in [3.63, 3.8) is 0 Å². The molecule has 0 fully saturated rings. The number of carbonyl (C=O) groups excluding carboxylic acids is 3. The molecule has 2 aromatic heterocycles. The molecule has 0 bridgehead atoms. The number of ether oxygens (including phenoxy) is 2. The van der Waals surface area contributed by atoms with E-state index in [9.17, 15) is 14.4 Å². The van der Waals surface area contributed by atoms with Crippen molar-refractivity contribution in [3.05, 3.63) is 46.7 Å². The summed E-state index contributed by atoms with van der Waals surface area (Å²) in [4.78, 5) is 36.7. The van der Waals surface area contributed by atoms with Gasteiger partial charge in [-0.3, -0.25) is 4.79 Å². The first-order chi connectivity index (χ1) is 12.9. The summed E-state index contributed by atoms with van der Waals surface area (Å²) in [7, 11) is 0. The van der Waals surface area contributed by atoms with Crippen LogP contribution < -0.4 is 5.32 Å². The normalized spacial score (nSPS) is 11.0. The molecule has 2 aromatic rings. The predicted molar refractivity (Wildman–Crippen MR) is 102 cm³/mol. The van der Waals surface area contributed by atoms with Gasteiger partial charge in [-0.1, -0.05) is 13.8 Å². The average Bonchev–Trinajstić information content (AvgIpc) is 3.28. The summed E-state index contributed by atoms with van der Waals surface area (Å²) in [5.74, 6) is -1.04. The van der Waals surface area contributed by atoms with Gasteiger partial charge < -0.3 is 19.2 Å². The monoisotopic (exact) mass is 391 g/mol. The van der Waals surface area contributed by atoms with E-state index in [1.54, 1.807) is 25.1 Å². The van der Waals surface area contributed by atoms with E-state index in [0.29, 0.717) is 16.3 Å². The van der Waals surface area contributed by atoms with Crippen molar-refractivity contribution in [1.82, 2.24) is 0 Å². The van der Waals surface area contributed by atoms with Crippen LogP contribution in [0.1, 0.15) is 47.7 Å². The van der Waals surface area contributed by atoms with Crippen LogP contribution in [0, 0.1) is 0 Å². The highest BCUT2D eigenvalue weighted by Crippen LogP contribution is 2.33. The minimum Gasteiger partial charge on any atom is -0.465 e. The number of amides is 1. The Morgan fingerprint density at radius 3 is 2.70 bits per heavy atom. The predicted octanol–water partition coefficient (Wildman–Crippen LogP) is 3.84. The van der Waals surface area contributed by atoms with E-state index in [1.807, 2.05) is 13.8 Å². The van der Waals surface area contributed by atoms with E-state index in [1.165, 1.54) is 23.7 Å². The lowest BCUT2D eigenvalue weighted by molar-refractivity contribution is -0.142. The van der Waals surface area contributed by atoms with Crippen molar-refractivity contribution in [2.75, 3.05) is 18.5 Å². The lowest BCUT2D eigenvalue weighted by atomic mass is 10.1. The maximum Gasteiger partial charge on any atom is 0.341 e. The Morgan fingerprint density at radius 1 is 1.30 bits per heavy atom. The van der Waals surface area contributed by atoms with E-state index in [0.717, 1.165) is 11.0 Å². The minimum absolute atomic E-state index is 0.193. The zero-order chi connectivity index (χ0) is 19.8. The largest absolute Gasteiger partial charge is 0.465 e. The molecule has 1 amide bonds. The fourth-order valence-electron chi connectivity index (χ4n) is 2.03. The molecule has 0 aliphatic rings. The third kappa shape index (κ3) is 6.10. The molecule has 0 atom stereocenters. The van der Waals surface area contributed by atoms with Crippen LogP contribution in [0.3, 0.4) is 0 Å². The molecular weight excluding hydrogens is 370 g/mol. The van der Waals surface area contributed by atoms with Crippen molar-refractivity contribution < 1.29 is 28.3 Å². The van der Waals surface area contributed by atoms with Crippen LogP contribution in [-0.2, 0) is 19.1 Å². The topological polar surface area (TPSA) is 94.8 Å². The van der Waals surface area contributed by atoms with E-state index in [-0.39, 0.29) is 12.5 Å².